The second kappa shape index (κ2) is 12.9. The number of alkyl halides is 3. The number of benzene rings is 1. The molecule has 37 heavy (non-hydrogen) atoms. The zero-order valence-corrected chi connectivity index (χ0v) is 23.1. The number of hydrogen-bond acceptors (Lipinski definition) is 7. The van der Waals surface area contributed by atoms with E-state index in [9.17, 15) is 32.7 Å². The van der Waals surface area contributed by atoms with Crippen molar-refractivity contribution in [2.45, 2.75) is 90.3 Å². The molecule has 0 aliphatic heterocycles. The van der Waals surface area contributed by atoms with Gasteiger partial charge in [-0.05, 0) is 83.6 Å². The molecule has 0 spiro atoms. The van der Waals surface area contributed by atoms with Gasteiger partial charge in [0.1, 0.15) is 17.2 Å². The average Bonchev–Trinajstić information content (AvgIpc) is 2.69. The van der Waals surface area contributed by atoms with E-state index in [0.717, 1.165) is 23.9 Å². The van der Waals surface area contributed by atoms with Crippen molar-refractivity contribution in [2.75, 3.05) is 16.8 Å². The minimum Gasteiger partial charge on any atom is -0.458 e. The predicted molar refractivity (Wildman–Crippen MR) is 136 cm³/mol. The van der Waals surface area contributed by atoms with Gasteiger partial charge in [-0.15, -0.1) is 0 Å². The lowest BCUT2D eigenvalue weighted by molar-refractivity contribution is -0.267. The Morgan fingerprint density at radius 1 is 0.946 bits per heavy atom. The molecule has 0 saturated carbocycles. The van der Waals surface area contributed by atoms with E-state index in [1.54, 1.807) is 41.5 Å². The molecule has 0 heterocycles. The number of halogens is 3. The molecule has 0 aromatic heterocycles. The van der Waals surface area contributed by atoms with Gasteiger partial charge in [0, 0.05) is 12.6 Å². The van der Waals surface area contributed by atoms with E-state index in [2.05, 4.69) is 10.6 Å². The van der Waals surface area contributed by atoms with Gasteiger partial charge in [-0.1, -0.05) is 12.1 Å². The summed E-state index contributed by atoms with van der Waals surface area (Å²) < 4.78 is 52.0. The van der Waals surface area contributed by atoms with Crippen LogP contribution in [0.25, 0.3) is 0 Å². The van der Waals surface area contributed by atoms with Crippen molar-refractivity contribution in [2.24, 2.45) is 0 Å². The van der Waals surface area contributed by atoms with E-state index in [0.29, 0.717) is 5.69 Å². The van der Waals surface area contributed by atoms with Crippen LogP contribution in [-0.2, 0) is 24.7 Å². The molecule has 1 aromatic rings. The van der Waals surface area contributed by atoms with Gasteiger partial charge in [0.05, 0.1) is 0 Å². The number of hydrogen-bond donors (Lipinski definition) is 3. The van der Waals surface area contributed by atoms with Crippen molar-refractivity contribution in [3.05, 3.63) is 29.8 Å². The van der Waals surface area contributed by atoms with Crippen LogP contribution in [0.3, 0.4) is 0 Å². The maximum Gasteiger partial charge on any atom is 0.421 e. The summed E-state index contributed by atoms with van der Waals surface area (Å²) in [5.41, 5.74) is -4.75. The van der Waals surface area contributed by atoms with Crippen LogP contribution in [0.4, 0.5) is 23.7 Å². The lowest BCUT2D eigenvalue weighted by Crippen LogP contribution is -2.46. The Kier molecular flexibility index (Phi) is 11.3. The van der Waals surface area contributed by atoms with Crippen molar-refractivity contribution in [1.29, 1.82) is 0 Å². The third-order valence-corrected chi connectivity index (χ3v) is 5.71. The van der Waals surface area contributed by atoms with Gasteiger partial charge in [0.2, 0.25) is 5.91 Å². The molecular formula is C25H37F3N2O6S. The van der Waals surface area contributed by atoms with Crippen molar-refractivity contribution in [1.82, 2.24) is 5.32 Å². The molecule has 1 aromatic carbocycles. The maximum absolute atomic E-state index is 13.8. The van der Waals surface area contributed by atoms with Crippen LogP contribution >= 0.6 is 11.8 Å². The van der Waals surface area contributed by atoms with E-state index in [1.165, 1.54) is 19.1 Å². The standard InChI is InChI=1S/C25H37F3N2O6S/c1-16(31)29-18-10-8-17(9-11-18)24(34,25(26,27)28)13-15-37-14-12-19(20(32)35-22(2,3)4)30-21(33)36-23(5,6)7/h8-11,19,34H,12-15H2,1-7H3,(H,29,31)(H,30,33)/t19-,24?/m0/s1. The molecule has 1 rings (SSSR count). The molecule has 0 aliphatic rings. The molecule has 1 unspecified atom stereocenters. The molecular weight excluding hydrogens is 513 g/mol. The van der Waals surface area contributed by atoms with Crippen LogP contribution in [-0.4, -0.2) is 58.0 Å². The zero-order chi connectivity index (χ0) is 28.7. The summed E-state index contributed by atoms with van der Waals surface area (Å²) in [6, 6.07) is 3.74. The number of thioether (sulfide) groups is 1. The third kappa shape index (κ3) is 11.6. The van der Waals surface area contributed by atoms with Gasteiger partial charge in [-0.2, -0.15) is 24.9 Å². The van der Waals surface area contributed by atoms with Crippen molar-refractivity contribution >= 4 is 35.4 Å². The Balaban J connectivity index is 2.83. The molecule has 210 valence electrons. The first-order valence-corrected chi connectivity index (χ1v) is 12.9. The molecule has 0 aliphatic carbocycles. The second-order valence-corrected chi connectivity index (χ2v) is 11.7. The van der Waals surface area contributed by atoms with E-state index in [4.69, 9.17) is 9.47 Å². The largest absolute Gasteiger partial charge is 0.458 e. The first-order valence-electron chi connectivity index (χ1n) is 11.7. The van der Waals surface area contributed by atoms with E-state index in [1.807, 2.05) is 0 Å². The summed E-state index contributed by atoms with van der Waals surface area (Å²) in [7, 11) is 0. The topological polar surface area (TPSA) is 114 Å². The Morgan fingerprint density at radius 3 is 1.95 bits per heavy atom. The van der Waals surface area contributed by atoms with Crippen LogP contribution in [0, 0.1) is 0 Å². The average molecular weight is 551 g/mol. The smallest absolute Gasteiger partial charge is 0.421 e. The van der Waals surface area contributed by atoms with E-state index < -0.39 is 47.5 Å². The molecule has 0 fully saturated rings. The summed E-state index contributed by atoms with van der Waals surface area (Å²) in [6.45, 7) is 11.3. The summed E-state index contributed by atoms with van der Waals surface area (Å²) in [6.07, 6.45) is -6.32. The van der Waals surface area contributed by atoms with Crippen LogP contribution in [0.2, 0.25) is 0 Å². The number of anilines is 1. The van der Waals surface area contributed by atoms with Gasteiger partial charge < -0.3 is 25.2 Å². The number of ether oxygens (including phenoxy) is 2. The van der Waals surface area contributed by atoms with E-state index >= 15 is 0 Å². The molecule has 8 nitrogen and oxygen atoms in total. The van der Waals surface area contributed by atoms with Crippen LogP contribution < -0.4 is 10.6 Å². The molecule has 2 amide bonds. The summed E-state index contributed by atoms with van der Waals surface area (Å²) in [5.74, 6) is -0.947. The highest BCUT2D eigenvalue weighted by Gasteiger charge is 2.54. The van der Waals surface area contributed by atoms with E-state index in [-0.39, 0.29) is 29.4 Å². The van der Waals surface area contributed by atoms with Crippen molar-refractivity contribution < 1.29 is 42.1 Å². The normalized spacial score (nSPS) is 14.8. The Bertz CT molecular complexity index is 926. The van der Waals surface area contributed by atoms with Crippen molar-refractivity contribution in [3.63, 3.8) is 0 Å². The van der Waals surface area contributed by atoms with Gasteiger partial charge in [0.15, 0.2) is 5.60 Å². The lowest BCUT2D eigenvalue weighted by Gasteiger charge is -2.31. The number of rotatable bonds is 10. The first kappa shape index (κ1) is 32.6. The van der Waals surface area contributed by atoms with Crippen LogP contribution in [0.15, 0.2) is 24.3 Å². The lowest BCUT2D eigenvalue weighted by atomic mass is 9.90. The highest BCUT2D eigenvalue weighted by Crippen LogP contribution is 2.42. The maximum atomic E-state index is 13.8. The first-order chi connectivity index (χ1) is 16.7. The van der Waals surface area contributed by atoms with Gasteiger partial charge >= 0.3 is 18.2 Å². The Morgan fingerprint density at radius 2 is 1.49 bits per heavy atom. The molecule has 3 N–H and O–H groups in total. The minimum absolute atomic E-state index is 0.0781. The molecule has 0 saturated heterocycles. The quantitative estimate of drug-likeness (QED) is 0.273. The fraction of sp³-hybridized carbons (Fsp3) is 0.640. The fourth-order valence-corrected chi connectivity index (χ4v) is 4.12. The summed E-state index contributed by atoms with van der Waals surface area (Å²) in [4.78, 5) is 35.9. The number of nitrogens with one attached hydrogen (secondary N) is 2. The van der Waals surface area contributed by atoms with Gasteiger partial charge in [0.25, 0.3) is 0 Å². The van der Waals surface area contributed by atoms with Crippen LogP contribution in [0.1, 0.15) is 66.9 Å². The highest BCUT2D eigenvalue weighted by atomic mass is 32.2. The SMILES string of the molecule is CC(=O)Nc1ccc(C(O)(CCSCC[C@H](NC(=O)OC(C)(C)C)C(=O)OC(C)(C)C)C(F)(F)F)cc1. The highest BCUT2D eigenvalue weighted by molar-refractivity contribution is 7.99. The second-order valence-electron chi connectivity index (χ2n) is 10.5. The molecule has 0 radical (unpaired) electrons. The fourth-order valence-electron chi connectivity index (χ4n) is 3.08. The van der Waals surface area contributed by atoms with Gasteiger partial charge in [-0.25, -0.2) is 9.59 Å². The number of carbonyl (C=O) groups excluding carboxylic acids is 3. The predicted octanol–water partition coefficient (Wildman–Crippen LogP) is 5.14. The minimum atomic E-state index is -4.94. The van der Waals surface area contributed by atoms with Gasteiger partial charge in [-0.3, -0.25) is 4.79 Å². The Labute approximate surface area is 220 Å². The third-order valence-electron chi connectivity index (χ3n) is 4.69. The number of aliphatic hydroxyl groups is 1. The monoisotopic (exact) mass is 550 g/mol. The molecule has 0 bridgehead atoms. The van der Waals surface area contributed by atoms with Crippen LogP contribution in [0.5, 0.6) is 0 Å². The molecule has 12 heteroatoms. The Hall–Kier alpha value is -2.47. The zero-order valence-electron chi connectivity index (χ0n) is 22.2. The number of esters is 1. The summed E-state index contributed by atoms with van der Waals surface area (Å²) >= 11 is 1.09. The number of alkyl carbamates (subject to hydrolysis) is 1. The number of amides is 2. The summed E-state index contributed by atoms with van der Waals surface area (Å²) in [5, 5.41) is 15.5. The number of carbonyl (C=O) groups is 3. The van der Waals surface area contributed by atoms with Crippen molar-refractivity contribution in [3.8, 4) is 0 Å². The molecule has 2 atom stereocenters.